The Kier molecular flexibility index (Phi) is 4.36. The van der Waals surface area contributed by atoms with E-state index in [0.717, 1.165) is 45.7 Å². The first-order valence-corrected chi connectivity index (χ1v) is 6.34. The lowest BCUT2D eigenvalue weighted by molar-refractivity contribution is -0.158. The quantitative estimate of drug-likeness (QED) is 0.783. The molecule has 17 heavy (non-hydrogen) atoms. The molecule has 0 aromatic carbocycles. The maximum absolute atomic E-state index is 11.4. The number of carboxylic acid groups (broad SMARTS) is 1. The molecular weight excluding hydrogens is 222 g/mol. The Morgan fingerprint density at radius 1 is 1.24 bits per heavy atom. The Hall–Kier alpha value is -0.650. The van der Waals surface area contributed by atoms with Crippen LogP contribution in [0.1, 0.15) is 19.3 Å². The van der Waals surface area contributed by atoms with Crippen LogP contribution in [0.2, 0.25) is 0 Å². The van der Waals surface area contributed by atoms with Gasteiger partial charge in [-0.2, -0.15) is 0 Å². The average molecular weight is 243 g/mol. The molecule has 1 unspecified atom stereocenters. The summed E-state index contributed by atoms with van der Waals surface area (Å²) in [6, 6.07) is 0. The van der Waals surface area contributed by atoms with Crippen molar-refractivity contribution in [2.24, 2.45) is 5.41 Å². The summed E-state index contributed by atoms with van der Waals surface area (Å²) < 4.78 is 10.6. The second-order valence-electron chi connectivity index (χ2n) is 4.95. The van der Waals surface area contributed by atoms with Crippen LogP contribution in [0, 0.1) is 5.41 Å². The fourth-order valence-electron chi connectivity index (χ4n) is 2.52. The Labute approximate surface area is 102 Å². The van der Waals surface area contributed by atoms with E-state index >= 15 is 0 Å². The van der Waals surface area contributed by atoms with Crippen LogP contribution in [0.25, 0.3) is 0 Å². The van der Waals surface area contributed by atoms with Crippen LogP contribution in [0.15, 0.2) is 0 Å². The number of morpholine rings is 1. The van der Waals surface area contributed by atoms with Crippen LogP contribution in [0.4, 0.5) is 0 Å². The van der Waals surface area contributed by atoms with Crippen molar-refractivity contribution >= 4 is 5.97 Å². The maximum atomic E-state index is 11.4. The fraction of sp³-hybridized carbons (Fsp3) is 0.917. The molecule has 2 aliphatic rings. The van der Waals surface area contributed by atoms with E-state index in [4.69, 9.17) is 9.47 Å². The molecule has 5 nitrogen and oxygen atoms in total. The lowest BCUT2D eigenvalue weighted by Gasteiger charge is -2.35. The molecule has 0 spiro atoms. The van der Waals surface area contributed by atoms with Gasteiger partial charge in [-0.05, 0) is 25.8 Å². The van der Waals surface area contributed by atoms with Crippen molar-refractivity contribution in [3.8, 4) is 0 Å². The highest BCUT2D eigenvalue weighted by Crippen LogP contribution is 2.32. The van der Waals surface area contributed by atoms with Crippen LogP contribution in [0.3, 0.4) is 0 Å². The molecule has 0 bridgehead atoms. The minimum atomic E-state index is -0.703. The van der Waals surface area contributed by atoms with E-state index in [1.54, 1.807) is 0 Å². The first kappa shape index (κ1) is 12.8. The van der Waals surface area contributed by atoms with Crippen molar-refractivity contribution in [3.63, 3.8) is 0 Å². The lowest BCUT2D eigenvalue weighted by Crippen LogP contribution is -2.44. The zero-order valence-electron chi connectivity index (χ0n) is 10.2. The van der Waals surface area contributed by atoms with Crippen molar-refractivity contribution in [2.75, 3.05) is 46.1 Å². The summed E-state index contributed by atoms with van der Waals surface area (Å²) in [5.74, 6) is -0.703. The summed E-state index contributed by atoms with van der Waals surface area (Å²) in [6.45, 7) is 5.25. The highest BCUT2D eigenvalue weighted by molar-refractivity contribution is 5.74. The van der Waals surface area contributed by atoms with Gasteiger partial charge in [0.2, 0.25) is 0 Å². The molecule has 2 fully saturated rings. The predicted octanol–water partition coefficient (Wildman–Crippen LogP) is 0.590. The van der Waals surface area contributed by atoms with Crippen LogP contribution in [-0.4, -0.2) is 62.0 Å². The molecule has 2 saturated heterocycles. The molecule has 2 rings (SSSR count). The maximum Gasteiger partial charge on any atom is 0.312 e. The van der Waals surface area contributed by atoms with Crippen molar-refractivity contribution in [1.82, 2.24) is 4.90 Å². The number of rotatable bonds is 4. The van der Waals surface area contributed by atoms with E-state index in [2.05, 4.69) is 4.90 Å². The highest BCUT2D eigenvalue weighted by atomic mass is 16.5. The third-order valence-electron chi connectivity index (χ3n) is 3.79. The summed E-state index contributed by atoms with van der Waals surface area (Å²) in [4.78, 5) is 13.7. The minimum absolute atomic E-state index is 0.368. The Morgan fingerprint density at radius 3 is 2.59 bits per heavy atom. The molecule has 0 aromatic rings. The normalized spacial score (nSPS) is 31.3. The Bertz CT molecular complexity index is 257. The van der Waals surface area contributed by atoms with Crippen LogP contribution in [0.5, 0.6) is 0 Å². The molecule has 0 aliphatic carbocycles. The summed E-state index contributed by atoms with van der Waals surface area (Å²) in [6.07, 6.45) is 2.28. The third kappa shape index (κ3) is 3.18. The van der Waals surface area contributed by atoms with Crippen molar-refractivity contribution < 1.29 is 19.4 Å². The smallest absolute Gasteiger partial charge is 0.312 e. The molecule has 5 heteroatoms. The van der Waals surface area contributed by atoms with Gasteiger partial charge in [0.25, 0.3) is 0 Å². The Morgan fingerprint density at radius 2 is 2.00 bits per heavy atom. The van der Waals surface area contributed by atoms with Gasteiger partial charge in [-0.15, -0.1) is 0 Å². The van der Waals surface area contributed by atoms with Gasteiger partial charge < -0.3 is 14.6 Å². The van der Waals surface area contributed by atoms with Crippen LogP contribution < -0.4 is 0 Å². The first-order chi connectivity index (χ1) is 8.23. The van der Waals surface area contributed by atoms with E-state index in [9.17, 15) is 9.90 Å². The van der Waals surface area contributed by atoms with E-state index in [0.29, 0.717) is 19.6 Å². The van der Waals surface area contributed by atoms with E-state index < -0.39 is 11.4 Å². The molecule has 2 aliphatic heterocycles. The summed E-state index contributed by atoms with van der Waals surface area (Å²) in [5.41, 5.74) is -0.656. The summed E-state index contributed by atoms with van der Waals surface area (Å²) in [5, 5.41) is 9.40. The number of hydrogen-bond donors (Lipinski definition) is 1. The third-order valence-corrected chi connectivity index (χ3v) is 3.79. The van der Waals surface area contributed by atoms with Gasteiger partial charge in [-0.1, -0.05) is 0 Å². The molecule has 0 saturated carbocycles. The van der Waals surface area contributed by atoms with E-state index in [1.165, 1.54) is 0 Å². The van der Waals surface area contributed by atoms with E-state index in [1.807, 2.05) is 0 Å². The minimum Gasteiger partial charge on any atom is -0.481 e. The van der Waals surface area contributed by atoms with Gasteiger partial charge in [-0.3, -0.25) is 9.69 Å². The predicted molar refractivity (Wildman–Crippen MR) is 62.0 cm³/mol. The van der Waals surface area contributed by atoms with Gasteiger partial charge in [0.05, 0.1) is 25.2 Å². The molecule has 1 atom stereocenters. The largest absolute Gasteiger partial charge is 0.481 e. The first-order valence-electron chi connectivity index (χ1n) is 6.34. The number of ether oxygens (including phenoxy) is 2. The molecule has 98 valence electrons. The van der Waals surface area contributed by atoms with Crippen molar-refractivity contribution in [3.05, 3.63) is 0 Å². The van der Waals surface area contributed by atoms with Crippen LogP contribution in [-0.2, 0) is 14.3 Å². The fourth-order valence-corrected chi connectivity index (χ4v) is 2.52. The number of nitrogens with zero attached hydrogens (tertiary/aromatic N) is 1. The summed E-state index contributed by atoms with van der Waals surface area (Å²) in [7, 11) is 0. The molecule has 0 aromatic heterocycles. The molecule has 0 radical (unpaired) electrons. The highest BCUT2D eigenvalue weighted by Gasteiger charge is 2.40. The van der Waals surface area contributed by atoms with Crippen molar-refractivity contribution in [1.29, 1.82) is 0 Å². The van der Waals surface area contributed by atoms with Gasteiger partial charge in [0.15, 0.2) is 0 Å². The molecule has 1 N–H and O–H groups in total. The van der Waals surface area contributed by atoms with Crippen LogP contribution >= 0.6 is 0 Å². The van der Waals surface area contributed by atoms with Gasteiger partial charge in [0.1, 0.15) is 0 Å². The number of hydrogen-bond acceptors (Lipinski definition) is 4. The zero-order chi connectivity index (χ0) is 12.1. The van der Waals surface area contributed by atoms with Gasteiger partial charge in [-0.25, -0.2) is 0 Å². The summed E-state index contributed by atoms with van der Waals surface area (Å²) >= 11 is 0. The van der Waals surface area contributed by atoms with Crippen molar-refractivity contribution in [2.45, 2.75) is 19.3 Å². The second kappa shape index (κ2) is 5.80. The Balaban J connectivity index is 1.86. The number of carbonyl (C=O) groups is 1. The second-order valence-corrected chi connectivity index (χ2v) is 4.95. The monoisotopic (exact) mass is 243 g/mol. The zero-order valence-corrected chi connectivity index (χ0v) is 10.2. The molecular formula is C12H21NO4. The number of aliphatic carboxylic acids is 1. The molecule has 2 heterocycles. The SMILES string of the molecule is O=C(O)C1(CCN2CCOCC2)CCCOC1. The topological polar surface area (TPSA) is 59.0 Å². The lowest BCUT2D eigenvalue weighted by atomic mass is 9.79. The van der Waals surface area contributed by atoms with Gasteiger partial charge >= 0.3 is 5.97 Å². The standard InChI is InChI=1S/C12H21NO4/c14-11(15)12(2-1-7-17-10-12)3-4-13-5-8-16-9-6-13/h1-10H2,(H,14,15). The van der Waals surface area contributed by atoms with E-state index in [-0.39, 0.29) is 0 Å². The van der Waals surface area contributed by atoms with Gasteiger partial charge in [0, 0.05) is 19.7 Å². The molecule has 0 amide bonds. The number of carboxylic acids is 1. The average Bonchev–Trinajstić information content (AvgIpc) is 2.38.